The molecule has 1 fully saturated rings. The molecule has 12 heavy (non-hydrogen) atoms. The van der Waals surface area contributed by atoms with Crippen LogP contribution in [0.2, 0.25) is 0 Å². The van der Waals surface area contributed by atoms with E-state index in [1.807, 2.05) is 6.92 Å². The van der Waals surface area contributed by atoms with Crippen molar-refractivity contribution in [2.45, 2.75) is 43.6 Å². The van der Waals surface area contributed by atoms with E-state index in [1.165, 1.54) is 0 Å². The molecule has 0 radical (unpaired) electrons. The minimum Gasteiger partial charge on any atom is -0.480 e. The highest BCUT2D eigenvalue weighted by Gasteiger charge is 2.51. The van der Waals surface area contributed by atoms with Crippen molar-refractivity contribution in [3.63, 3.8) is 0 Å². The van der Waals surface area contributed by atoms with Gasteiger partial charge in [0.1, 0.15) is 4.75 Å². The summed E-state index contributed by atoms with van der Waals surface area (Å²) in [5.41, 5.74) is 0. The SMILES string of the molecule is CC(C)SC1(C(=O)O)CCC1C. The molecule has 0 saturated heterocycles. The predicted octanol–water partition coefficient (Wildman–Crippen LogP) is 2.38. The molecular weight excluding hydrogens is 172 g/mol. The van der Waals surface area contributed by atoms with Crippen LogP contribution in [0.15, 0.2) is 0 Å². The number of aliphatic carboxylic acids is 1. The third-order valence-electron chi connectivity index (χ3n) is 2.55. The van der Waals surface area contributed by atoms with Crippen LogP contribution in [0.4, 0.5) is 0 Å². The molecule has 1 saturated carbocycles. The van der Waals surface area contributed by atoms with Gasteiger partial charge < -0.3 is 5.11 Å². The smallest absolute Gasteiger partial charge is 0.320 e. The number of hydrogen-bond acceptors (Lipinski definition) is 2. The highest BCUT2D eigenvalue weighted by Crippen LogP contribution is 2.50. The molecule has 1 rings (SSSR count). The van der Waals surface area contributed by atoms with Gasteiger partial charge in [0.2, 0.25) is 0 Å². The summed E-state index contributed by atoms with van der Waals surface area (Å²) in [7, 11) is 0. The average Bonchev–Trinajstić information content (AvgIpc) is 1.96. The van der Waals surface area contributed by atoms with E-state index in [1.54, 1.807) is 11.8 Å². The van der Waals surface area contributed by atoms with Gasteiger partial charge in [0, 0.05) is 5.25 Å². The largest absolute Gasteiger partial charge is 0.480 e. The maximum Gasteiger partial charge on any atom is 0.320 e. The topological polar surface area (TPSA) is 37.3 Å². The van der Waals surface area contributed by atoms with Gasteiger partial charge in [-0.3, -0.25) is 4.79 Å². The molecule has 2 unspecified atom stereocenters. The van der Waals surface area contributed by atoms with Gasteiger partial charge in [-0.05, 0) is 18.8 Å². The van der Waals surface area contributed by atoms with E-state index < -0.39 is 10.7 Å². The lowest BCUT2D eigenvalue weighted by molar-refractivity contribution is -0.144. The van der Waals surface area contributed by atoms with E-state index in [-0.39, 0.29) is 0 Å². The zero-order valence-corrected chi connectivity index (χ0v) is 8.65. The molecular formula is C9H16O2S. The third kappa shape index (κ3) is 1.47. The van der Waals surface area contributed by atoms with Gasteiger partial charge in [-0.25, -0.2) is 0 Å². The van der Waals surface area contributed by atoms with Crippen LogP contribution in [0.3, 0.4) is 0 Å². The monoisotopic (exact) mass is 188 g/mol. The zero-order valence-electron chi connectivity index (χ0n) is 7.83. The van der Waals surface area contributed by atoms with Crippen LogP contribution >= 0.6 is 11.8 Å². The lowest BCUT2D eigenvalue weighted by Crippen LogP contribution is -2.50. The fourth-order valence-corrected chi connectivity index (χ4v) is 3.19. The Labute approximate surface area is 77.7 Å². The second-order valence-corrected chi connectivity index (χ2v) is 5.71. The molecule has 0 aliphatic heterocycles. The van der Waals surface area contributed by atoms with Gasteiger partial charge in [-0.1, -0.05) is 20.8 Å². The molecule has 0 bridgehead atoms. The first-order valence-electron chi connectivity index (χ1n) is 4.40. The van der Waals surface area contributed by atoms with E-state index in [0.29, 0.717) is 11.2 Å². The van der Waals surface area contributed by atoms with Gasteiger partial charge in [0.05, 0.1) is 0 Å². The van der Waals surface area contributed by atoms with Crippen LogP contribution in [0.5, 0.6) is 0 Å². The molecule has 0 amide bonds. The molecule has 3 heteroatoms. The van der Waals surface area contributed by atoms with E-state index >= 15 is 0 Å². The Balaban J connectivity index is 2.67. The molecule has 0 spiro atoms. The van der Waals surface area contributed by atoms with Crippen molar-refractivity contribution in [2.75, 3.05) is 0 Å². The lowest BCUT2D eigenvalue weighted by atomic mass is 9.74. The molecule has 70 valence electrons. The summed E-state index contributed by atoms with van der Waals surface area (Å²) in [4.78, 5) is 11.0. The molecule has 0 aromatic carbocycles. The van der Waals surface area contributed by atoms with Crippen molar-refractivity contribution in [3.8, 4) is 0 Å². The Hall–Kier alpha value is -0.180. The summed E-state index contributed by atoms with van der Waals surface area (Å²) < 4.78 is -0.464. The van der Waals surface area contributed by atoms with Gasteiger partial charge in [-0.15, -0.1) is 11.8 Å². The summed E-state index contributed by atoms with van der Waals surface area (Å²) in [5.74, 6) is -0.289. The first-order chi connectivity index (χ1) is 5.49. The molecule has 0 aromatic heterocycles. The normalized spacial score (nSPS) is 34.8. The number of carboxylic acids is 1. The Morgan fingerprint density at radius 2 is 2.25 bits per heavy atom. The first kappa shape index (κ1) is 9.90. The number of hydrogen-bond donors (Lipinski definition) is 1. The van der Waals surface area contributed by atoms with Crippen molar-refractivity contribution in [2.24, 2.45) is 5.92 Å². The van der Waals surface area contributed by atoms with Crippen molar-refractivity contribution >= 4 is 17.7 Å². The molecule has 1 aliphatic rings. The highest BCUT2D eigenvalue weighted by molar-refractivity contribution is 8.02. The number of carboxylic acid groups (broad SMARTS) is 1. The van der Waals surface area contributed by atoms with E-state index in [9.17, 15) is 4.79 Å². The van der Waals surface area contributed by atoms with Crippen molar-refractivity contribution in [1.82, 2.24) is 0 Å². The molecule has 2 atom stereocenters. The minimum absolute atomic E-state index is 0.336. The molecule has 2 nitrogen and oxygen atoms in total. The van der Waals surface area contributed by atoms with Crippen molar-refractivity contribution < 1.29 is 9.90 Å². The Bertz CT molecular complexity index is 191. The fourth-order valence-electron chi connectivity index (χ4n) is 1.66. The summed E-state index contributed by atoms with van der Waals surface area (Å²) in [6.07, 6.45) is 1.90. The zero-order chi connectivity index (χ0) is 9.35. The van der Waals surface area contributed by atoms with Gasteiger partial charge in [-0.2, -0.15) is 0 Å². The summed E-state index contributed by atoms with van der Waals surface area (Å²) in [6.45, 7) is 6.15. The molecule has 0 heterocycles. The van der Waals surface area contributed by atoms with Crippen LogP contribution in [-0.4, -0.2) is 21.1 Å². The van der Waals surface area contributed by atoms with Gasteiger partial charge in [0.25, 0.3) is 0 Å². The third-order valence-corrected chi connectivity index (χ3v) is 4.23. The Kier molecular flexibility index (Phi) is 2.71. The Morgan fingerprint density at radius 1 is 1.67 bits per heavy atom. The second kappa shape index (κ2) is 3.29. The van der Waals surface area contributed by atoms with Crippen molar-refractivity contribution in [3.05, 3.63) is 0 Å². The quantitative estimate of drug-likeness (QED) is 0.739. The summed E-state index contributed by atoms with van der Waals surface area (Å²) >= 11 is 1.61. The number of rotatable bonds is 3. The summed E-state index contributed by atoms with van der Waals surface area (Å²) in [5, 5.41) is 9.49. The number of thioether (sulfide) groups is 1. The van der Waals surface area contributed by atoms with Crippen LogP contribution in [0.25, 0.3) is 0 Å². The average molecular weight is 188 g/mol. The molecule has 0 aromatic rings. The Morgan fingerprint density at radius 3 is 2.33 bits per heavy atom. The maximum absolute atomic E-state index is 11.0. The van der Waals surface area contributed by atoms with Crippen LogP contribution in [0.1, 0.15) is 33.6 Å². The van der Waals surface area contributed by atoms with Crippen LogP contribution < -0.4 is 0 Å². The van der Waals surface area contributed by atoms with Gasteiger partial charge >= 0.3 is 5.97 Å². The second-order valence-electron chi connectivity index (χ2n) is 3.80. The number of carbonyl (C=O) groups is 1. The maximum atomic E-state index is 11.0. The van der Waals surface area contributed by atoms with Gasteiger partial charge in [0.15, 0.2) is 0 Å². The molecule has 1 aliphatic carbocycles. The van der Waals surface area contributed by atoms with Crippen LogP contribution in [-0.2, 0) is 4.79 Å². The first-order valence-corrected chi connectivity index (χ1v) is 5.28. The molecule has 1 N–H and O–H groups in total. The predicted molar refractivity (Wildman–Crippen MR) is 51.5 cm³/mol. The van der Waals surface area contributed by atoms with Crippen molar-refractivity contribution in [1.29, 1.82) is 0 Å². The van der Waals surface area contributed by atoms with Crippen LogP contribution in [0, 0.1) is 5.92 Å². The van der Waals surface area contributed by atoms with E-state index in [2.05, 4.69) is 13.8 Å². The fraction of sp³-hybridized carbons (Fsp3) is 0.889. The highest BCUT2D eigenvalue weighted by atomic mass is 32.2. The van der Waals surface area contributed by atoms with E-state index in [4.69, 9.17) is 5.11 Å². The standard InChI is InChI=1S/C9H16O2S/c1-6(2)12-9(8(10)11)5-4-7(9)3/h6-7H,4-5H2,1-3H3,(H,10,11). The summed E-state index contributed by atoms with van der Waals surface area (Å²) in [6, 6.07) is 0. The van der Waals surface area contributed by atoms with E-state index in [0.717, 1.165) is 12.8 Å². The minimum atomic E-state index is -0.625. The lowest BCUT2D eigenvalue weighted by Gasteiger charge is -2.44.